The quantitative estimate of drug-likeness (QED) is 0.534. The number of aromatic carboxylic acids is 1. The molecule has 0 saturated heterocycles. The molecule has 0 aliphatic rings. The van der Waals surface area contributed by atoms with Crippen molar-refractivity contribution in [2.75, 3.05) is 5.32 Å². The number of H-pyrrole nitrogens is 1. The zero-order chi connectivity index (χ0) is 17.0. The van der Waals surface area contributed by atoms with Crippen LogP contribution in [0, 0.1) is 0 Å². The fraction of sp³-hybridized carbons (Fsp3) is 0.286. The van der Waals surface area contributed by atoms with Crippen LogP contribution in [-0.2, 0) is 11.8 Å². The number of carbonyl (C=O) groups is 2. The number of benzene rings is 1. The van der Waals surface area contributed by atoms with Crippen LogP contribution in [0.4, 0.5) is 5.69 Å². The molecule has 1 unspecified atom stereocenters. The Morgan fingerprint density at radius 1 is 1.39 bits per heavy atom. The first kappa shape index (κ1) is 16.8. The van der Waals surface area contributed by atoms with Crippen LogP contribution in [0.3, 0.4) is 0 Å². The van der Waals surface area contributed by atoms with Gasteiger partial charge in [0.15, 0.2) is 7.05 Å². The normalized spacial score (nSPS) is 11.9. The zero-order valence-electron chi connectivity index (χ0n) is 12.5. The van der Waals surface area contributed by atoms with Crippen molar-refractivity contribution in [3.05, 3.63) is 40.2 Å². The average Bonchev–Trinajstić information content (AvgIpc) is 2.84. The van der Waals surface area contributed by atoms with Crippen LogP contribution in [0.5, 0.6) is 0 Å². The molecule has 2 rings (SSSR count). The number of carboxylic acid groups (broad SMARTS) is 1. The lowest BCUT2D eigenvalue weighted by Gasteiger charge is -2.12. The van der Waals surface area contributed by atoms with Crippen molar-refractivity contribution in [2.45, 2.75) is 23.6 Å². The van der Waals surface area contributed by atoms with E-state index in [-0.39, 0.29) is 11.5 Å². The van der Waals surface area contributed by atoms with Crippen LogP contribution < -0.4 is 15.6 Å². The van der Waals surface area contributed by atoms with Crippen molar-refractivity contribution >= 4 is 29.3 Å². The molecule has 1 heterocycles. The van der Waals surface area contributed by atoms with Crippen LogP contribution in [0.25, 0.3) is 0 Å². The fourth-order valence-corrected chi connectivity index (χ4v) is 2.77. The number of aromatic amines is 1. The summed E-state index contributed by atoms with van der Waals surface area (Å²) in [6, 6.07) is 5.85. The Balaban J connectivity index is 2.08. The molecule has 1 amide bonds. The van der Waals surface area contributed by atoms with Crippen molar-refractivity contribution in [2.24, 2.45) is 7.05 Å². The Hall–Kier alpha value is -2.55. The largest absolute Gasteiger partial charge is 0.478 e. The number of aryl methyl sites for hydroxylation is 1. The van der Waals surface area contributed by atoms with Gasteiger partial charge in [-0.2, -0.15) is 0 Å². The van der Waals surface area contributed by atoms with E-state index in [9.17, 15) is 14.4 Å². The van der Waals surface area contributed by atoms with Gasteiger partial charge in [-0.25, -0.2) is 9.59 Å². The number of rotatable bonds is 6. The number of carbonyl (C=O) groups excluding carboxylic acids is 1. The SMILES string of the molecule is CCC(Sc1c(=O)o[nH][n+]1C)C(=O)Nc1ccc(C(=O)O)cc1. The van der Waals surface area contributed by atoms with Gasteiger partial charge in [-0.3, -0.25) is 9.32 Å². The number of hydrogen-bond donors (Lipinski definition) is 3. The van der Waals surface area contributed by atoms with Crippen molar-refractivity contribution in [3.63, 3.8) is 0 Å². The maximum atomic E-state index is 12.3. The van der Waals surface area contributed by atoms with Crippen molar-refractivity contribution in [3.8, 4) is 0 Å². The molecular formula is C14H16N3O5S+. The van der Waals surface area contributed by atoms with Gasteiger partial charge in [0.2, 0.25) is 5.91 Å². The summed E-state index contributed by atoms with van der Waals surface area (Å²) >= 11 is 1.10. The molecule has 122 valence electrons. The third-order valence-corrected chi connectivity index (χ3v) is 4.57. The molecule has 0 spiro atoms. The molecule has 1 aromatic heterocycles. The number of nitrogens with one attached hydrogen (secondary N) is 2. The van der Waals surface area contributed by atoms with E-state index in [2.05, 4.69) is 15.1 Å². The maximum Gasteiger partial charge on any atom is 0.441 e. The fourth-order valence-electron chi connectivity index (χ4n) is 1.84. The molecule has 0 fully saturated rings. The number of anilines is 1. The van der Waals surface area contributed by atoms with E-state index < -0.39 is 16.8 Å². The molecule has 1 aromatic carbocycles. The average molecular weight is 338 g/mol. The lowest BCUT2D eigenvalue weighted by atomic mass is 10.2. The topological polar surface area (TPSA) is 116 Å². The summed E-state index contributed by atoms with van der Waals surface area (Å²) in [5, 5.41) is 13.8. The summed E-state index contributed by atoms with van der Waals surface area (Å²) in [7, 11) is 1.61. The second-order valence-electron chi connectivity index (χ2n) is 4.73. The van der Waals surface area contributed by atoms with Gasteiger partial charge in [0.05, 0.1) is 10.8 Å². The van der Waals surface area contributed by atoms with E-state index in [0.717, 1.165) is 11.8 Å². The minimum Gasteiger partial charge on any atom is -0.478 e. The third kappa shape index (κ3) is 4.01. The molecule has 1 atom stereocenters. The van der Waals surface area contributed by atoms with Crippen molar-refractivity contribution in [1.29, 1.82) is 0 Å². The predicted octanol–water partition coefficient (Wildman–Crippen LogP) is 1.000. The van der Waals surface area contributed by atoms with Crippen LogP contribution in [0.1, 0.15) is 23.7 Å². The van der Waals surface area contributed by atoms with Crippen LogP contribution >= 0.6 is 11.8 Å². The van der Waals surface area contributed by atoms with Crippen LogP contribution in [-0.4, -0.2) is 27.5 Å². The molecular weight excluding hydrogens is 322 g/mol. The van der Waals surface area contributed by atoms with E-state index in [1.807, 2.05) is 6.92 Å². The summed E-state index contributed by atoms with van der Waals surface area (Å²) < 4.78 is 6.06. The third-order valence-electron chi connectivity index (χ3n) is 3.07. The lowest BCUT2D eigenvalue weighted by Crippen LogP contribution is -2.35. The maximum absolute atomic E-state index is 12.3. The Bertz CT molecular complexity index is 765. The number of nitrogens with zero attached hydrogens (tertiary/aromatic N) is 1. The van der Waals surface area contributed by atoms with Crippen LogP contribution in [0.15, 0.2) is 38.6 Å². The lowest BCUT2D eigenvalue weighted by molar-refractivity contribution is -0.772. The first-order chi connectivity index (χ1) is 10.9. The molecule has 0 radical (unpaired) electrons. The standard InChI is InChI=1S/C14H15N3O5S/c1-3-10(23-12-14(21)22-16-17(12)2)11(18)15-9-6-4-8(5-7-9)13(19)20/h4-7,10H,3H2,1-2H3,(H2-,15,16,18,19,20,21)/p+1. The Labute approximate surface area is 135 Å². The molecule has 0 aliphatic heterocycles. The van der Waals surface area contributed by atoms with Gasteiger partial charge in [-0.05, 0) is 47.7 Å². The Kier molecular flexibility index (Phi) is 5.22. The van der Waals surface area contributed by atoms with Gasteiger partial charge < -0.3 is 10.4 Å². The van der Waals surface area contributed by atoms with Gasteiger partial charge >= 0.3 is 16.6 Å². The number of amides is 1. The van der Waals surface area contributed by atoms with E-state index in [1.54, 1.807) is 7.05 Å². The molecule has 8 nitrogen and oxygen atoms in total. The summed E-state index contributed by atoms with van der Waals surface area (Å²) in [5.41, 5.74) is 0.0976. The van der Waals surface area contributed by atoms with E-state index in [0.29, 0.717) is 17.1 Å². The first-order valence-electron chi connectivity index (χ1n) is 6.80. The predicted molar refractivity (Wildman–Crippen MR) is 82.5 cm³/mol. The highest BCUT2D eigenvalue weighted by atomic mass is 32.2. The monoisotopic (exact) mass is 338 g/mol. The Morgan fingerprint density at radius 3 is 2.52 bits per heavy atom. The summed E-state index contributed by atoms with van der Waals surface area (Å²) in [6.07, 6.45) is 0.508. The van der Waals surface area contributed by atoms with E-state index in [4.69, 9.17) is 5.11 Å². The van der Waals surface area contributed by atoms with E-state index in [1.165, 1.54) is 28.9 Å². The molecule has 0 saturated carbocycles. The summed E-state index contributed by atoms with van der Waals surface area (Å²) in [5.74, 6) is -1.31. The van der Waals surface area contributed by atoms with Crippen LogP contribution in [0.2, 0.25) is 0 Å². The minimum absolute atomic E-state index is 0.140. The molecule has 9 heteroatoms. The number of carboxylic acids is 1. The summed E-state index contributed by atoms with van der Waals surface area (Å²) in [6.45, 7) is 1.83. The van der Waals surface area contributed by atoms with Gasteiger partial charge in [0.25, 0.3) is 0 Å². The highest BCUT2D eigenvalue weighted by molar-refractivity contribution is 8.00. The molecule has 3 N–H and O–H groups in total. The van der Waals surface area contributed by atoms with Crippen molar-refractivity contribution in [1.82, 2.24) is 5.27 Å². The summed E-state index contributed by atoms with van der Waals surface area (Å²) in [4.78, 5) is 34.7. The number of hydrogen-bond acceptors (Lipinski definition) is 5. The number of aromatic nitrogens is 2. The van der Waals surface area contributed by atoms with Gasteiger partial charge in [0, 0.05) is 5.69 Å². The molecule has 2 aromatic rings. The smallest absolute Gasteiger partial charge is 0.441 e. The minimum atomic E-state index is -1.03. The second kappa shape index (κ2) is 7.14. The molecule has 0 aliphatic carbocycles. The number of thioether (sulfide) groups is 1. The highest BCUT2D eigenvalue weighted by Gasteiger charge is 2.27. The van der Waals surface area contributed by atoms with Crippen molar-refractivity contribution < 1.29 is 23.9 Å². The van der Waals surface area contributed by atoms with E-state index >= 15 is 0 Å². The second-order valence-corrected chi connectivity index (χ2v) is 5.92. The van der Waals surface area contributed by atoms with Gasteiger partial charge in [-0.1, -0.05) is 11.6 Å². The highest BCUT2D eigenvalue weighted by Crippen LogP contribution is 2.21. The molecule has 0 bridgehead atoms. The zero-order valence-corrected chi connectivity index (χ0v) is 13.3. The molecule has 23 heavy (non-hydrogen) atoms. The first-order valence-corrected chi connectivity index (χ1v) is 7.68. The Morgan fingerprint density at radius 2 is 2.04 bits per heavy atom. The van der Waals surface area contributed by atoms with Gasteiger partial charge in [-0.15, -0.1) is 0 Å². The van der Waals surface area contributed by atoms with Gasteiger partial charge in [0.1, 0.15) is 0 Å².